The Morgan fingerprint density at radius 3 is 2.69 bits per heavy atom. The molecule has 9 nitrogen and oxygen atoms in total. The lowest BCUT2D eigenvalue weighted by Gasteiger charge is -2.39. The van der Waals surface area contributed by atoms with E-state index in [9.17, 15) is 5.26 Å². The summed E-state index contributed by atoms with van der Waals surface area (Å²) in [6.45, 7) is 15.9. The summed E-state index contributed by atoms with van der Waals surface area (Å²) in [6.07, 6.45) is 3.39. The third kappa shape index (κ3) is 5.48. The van der Waals surface area contributed by atoms with E-state index in [0.717, 1.165) is 16.8 Å². The van der Waals surface area contributed by atoms with Crippen molar-refractivity contribution in [1.29, 1.82) is 5.26 Å². The van der Waals surface area contributed by atoms with Crippen molar-refractivity contribution in [3.63, 3.8) is 0 Å². The van der Waals surface area contributed by atoms with Gasteiger partial charge in [0.05, 0.1) is 30.2 Å². The Balaban J connectivity index is 1.43. The van der Waals surface area contributed by atoms with Crippen molar-refractivity contribution in [3.8, 4) is 23.2 Å². The van der Waals surface area contributed by atoms with E-state index in [4.69, 9.17) is 18.9 Å². The summed E-state index contributed by atoms with van der Waals surface area (Å²) >= 11 is 0. The van der Waals surface area contributed by atoms with Gasteiger partial charge in [-0.05, 0) is 54.0 Å². The number of benzene rings is 1. The smallest absolute Gasteiger partial charge is 0.238 e. The molecule has 1 aromatic carbocycles. The molecule has 0 bridgehead atoms. The predicted octanol–water partition coefficient (Wildman–Crippen LogP) is 5.64. The maximum atomic E-state index is 10.00. The molecule has 2 aliphatic rings. The fourth-order valence-electron chi connectivity index (χ4n) is 4.33. The average molecular weight is 545 g/mol. The molecule has 2 aliphatic heterocycles. The standard InChI is InChI=1S/C29H36N6O3Si/c1-28(2,3)39(5,6)37-18-29(4)17-33-25-20(14-30)12-19(13-22(25)29)23-9-11-32-27(34-23)35-24-8-7-10-31-26(24)38-21-15-36-16-21/h7-13,21,33H,15-18H2,1-6H3,(H,32,34,35)/t29-/m1/s1. The first-order valence-electron chi connectivity index (χ1n) is 13.3. The second-order valence-corrected chi connectivity index (χ2v) is 16.9. The molecule has 1 fully saturated rings. The topological polar surface area (TPSA) is 114 Å². The van der Waals surface area contributed by atoms with Gasteiger partial charge in [-0.3, -0.25) is 0 Å². The molecule has 0 amide bonds. The van der Waals surface area contributed by atoms with Gasteiger partial charge in [0.15, 0.2) is 8.32 Å². The second-order valence-electron chi connectivity index (χ2n) is 12.0. The summed E-state index contributed by atoms with van der Waals surface area (Å²) in [5.41, 5.74) is 4.52. The molecule has 1 atom stereocenters. The van der Waals surface area contributed by atoms with Gasteiger partial charge in [0.25, 0.3) is 0 Å². The first kappa shape index (κ1) is 27.1. The number of ether oxygens (including phenoxy) is 2. The summed E-state index contributed by atoms with van der Waals surface area (Å²) in [6, 6.07) is 11.9. The summed E-state index contributed by atoms with van der Waals surface area (Å²) in [5.74, 6) is 0.893. The number of hydrogen-bond acceptors (Lipinski definition) is 9. The number of fused-ring (bicyclic) bond motifs is 1. The zero-order valence-corrected chi connectivity index (χ0v) is 24.5. The van der Waals surface area contributed by atoms with E-state index in [1.807, 2.05) is 24.3 Å². The minimum atomic E-state index is -1.94. The SMILES string of the molecule is CC(C)(C)[Si](C)(C)OC[C@@]1(C)CNc2c(C#N)cc(-c3ccnc(Nc4cccnc4OC4COC4)n3)cc21. The molecular formula is C29H36N6O3Si. The van der Waals surface area contributed by atoms with Crippen molar-refractivity contribution in [1.82, 2.24) is 15.0 Å². The lowest BCUT2D eigenvalue weighted by atomic mass is 9.83. The van der Waals surface area contributed by atoms with Gasteiger partial charge < -0.3 is 24.5 Å². The molecule has 204 valence electrons. The molecule has 4 heterocycles. The number of pyridine rings is 1. The van der Waals surface area contributed by atoms with Gasteiger partial charge in [0, 0.05) is 36.5 Å². The number of anilines is 3. The molecule has 1 saturated heterocycles. The monoisotopic (exact) mass is 544 g/mol. The summed E-state index contributed by atoms with van der Waals surface area (Å²) < 4.78 is 17.8. The molecule has 0 unspecified atom stereocenters. The van der Waals surface area contributed by atoms with E-state index in [1.54, 1.807) is 12.4 Å². The number of hydrogen-bond donors (Lipinski definition) is 2. The van der Waals surface area contributed by atoms with Gasteiger partial charge in [0.2, 0.25) is 11.8 Å². The Hall–Kier alpha value is -3.52. The minimum Gasteiger partial charge on any atom is -0.468 e. The van der Waals surface area contributed by atoms with Crippen LogP contribution in [0.25, 0.3) is 11.3 Å². The first-order chi connectivity index (χ1) is 18.5. The van der Waals surface area contributed by atoms with Crippen LogP contribution in [0.15, 0.2) is 42.7 Å². The van der Waals surface area contributed by atoms with Crippen molar-refractivity contribution >= 4 is 25.6 Å². The van der Waals surface area contributed by atoms with Crippen LogP contribution in [0.5, 0.6) is 5.88 Å². The fraction of sp³-hybridized carbons (Fsp3) is 0.448. The number of nitrogens with one attached hydrogen (secondary N) is 2. The van der Waals surface area contributed by atoms with Crippen LogP contribution in [0.4, 0.5) is 17.3 Å². The van der Waals surface area contributed by atoms with E-state index in [-0.39, 0.29) is 16.6 Å². The molecule has 0 radical (unpaired) electrons. The molecule has 2 N–H and O–H groups in total. The zero-order valence-electron chi connectivity index (χ0n) is 23.5. The van der Waals surface area contributed by atoms with Crippen molar-refractivity contribution < 1.29 is 13.9 Å². The highest BCUT2D eigenvalue weighted by Crippen LogP contribution is 2.44. The fourth-order valence-corrected chi connectivity index (χ4v) is 5.44. The van der Waals surface area contributed by atoms with Crippen molar-refractivity contribution in [2.75, 3.05) is 37.0 Å². The van der Waals surface area contributed by atoms with E-state index < -0.39 is 8.32 Å². The quantitative estimate of drug-likeness (QED) is 0.348. The van der Waals surface area contributed by atoms with E-state index in [1.165, 1.54) is 0 Å². The van der Waals surface area contributed by atoms with Gasteiger partial charge in [-0.1, -0.05) is 27.7 Å². The normalized spacial score (nSPS) is 19.0. The van der Waals surface area contributed by atoms with Crippen LogP contribution in [0.2, 0.25) is 18.1 Å². The first-order valence-corrected chi connectivity index (χ1v) is 16.2. The molecule has 0 aliphatic carbocycles. The molecule has 2 aromatic heterocycles. The number of aromatic nitrogens is 3. The van der Waals surface area contributed by atoms with Crippen molar-refractivity contribution in [2.24, 2.45) is 0 Å². The molecule has 0 spiro atoms. The van der Waals surface area contributed by atoms with Crippen LogP contribution in [0.3, 0.4) is 0 Å². The Labute approximate surface area is 231 Å². The number of nitriles is 1. The zero-order chi connectivity index (χ0) is 27.8. The average Bonchev–Trinajstić information content (AvgIpc) is 3.22. The summed E-state index contributed by atoms with van der Waals surface area (Å²) in [7, 11) is -1.94. The van der Waals surface area contributed by atoms with E-state index >= 15 is 0 Å². The van der Waals surface area contributed by atoms with Gasteiger partial charge in [-0.2, -0.15) is 5.26 Å². The van der Waals surface area contributed by atoms with Crippen LogP contribution in [-0.2, 0) is 14.6 Å². The molecule has 0 saturated carbocycles. The lowest BCUT2D eigenvalue weighted by molar-refractivity contribution is -0.0810. The van der Waals surface area contributed by atoms with E-state index in [0.29, 0.717) is 55.1 Å². The van der Waals surface area contributed by atoms with Crippen LogP contribution >= 0.6 is 0 Å². The number of rotatable bonds is 8. The highest BCUT2D eigenvalue weighted by atomic mass is 28.4. The number of nitrogens with zero attached hydrogens (tertiary/aromatic N) is 4. The maximum absolute atomic E-state index is 10.00. The molecule has 3 aromatic rings. The highest BCUT2D eigenvalue weighted by molar-refractivity contribution is 6.74. The van der Waals surface area contributed by atoms with Crippen LogP contribution in [-0.4, -0.2) is 55.7 Å². The molecular weight excluding hydrogens is 508 g/mol. The second kappa shape index (κ2) is 10.2. The third-order valence-corrected chi connectivity index (χ3v) is 12.5. The minimum absolute atomic E-state index is 0.00735. The van der Waals surface area contributed by atoms with Crippen molar-refractivity contribution in [3.05, 3.63) is 53.9 Å². The van der Waals surface area contributed by atoms with Crippen LogP contribution < -0.4 is 15.4 Å². The Morgan fingerprint density at radius 2 is 2.00 bits per heavy atom. The Bertz CT molecular complexity index is 1410. The lowest BCUT2D eigenvalue weighted by Crippen LogP contribution is -2.45. The Kier molecular flexibility index (Phi) is 7.09. The van der Waals surface area contributed by atoms with E-state index in [2.05, 4.69) is 73.5 Å². The summed E-state index contributed by atoms with van der Waals surface area (Å²) in [5, 5.41) is 16.8. The third-order valence-electron chi connectivity index (χ3n) is 7.98. The molecule has 39 heavy (non-hydrogen) atoms. The largest absolute Gasteiger partial charge is 0.468 e. The van der Waals surface area contributed by atoms with Gasteiger partial charge >= 0.3 is 0 Å². The van der Waals surface area contributed by atoms with Gasteiger partial charge in [0.1, 0.15) is 17.9 Å². The van der Waals surface area contributed by atoms with Crippen LogP contribution in [0.1, 0.15) is 38.8 Å². The highest BCUT2D eigenvalue weighted by Gasteiger charge is 2.42. The molecule has 10 heteroatoms. The van der Waals surface area contributed by atoms with Gasteiger partial charge in [-0.15, -0.1) is 0 Å². The van der Waals surface area contributed by atoms with Crippen LogP contribution in [0, 0.1) is 11.3 Å². The summed E-state index contributed by atoms with van der Waals surface area (Å²) in [4.78, 5) is 13.5. The predicted molar refractivity (Wildman–Crippen MR) is 154 cm³/mol. The molecule has 5 rings (SSSR count). The van der Waals surface area contributed by atoms with Crippen molar-refractivity contribution in [2.45, 2.75) is 57.3 Å². The Morgan fingerprint density at radius 1 is 1.21 bits per heavy atom. The maximum Gasteiger partial charge on any atom is 0.238 e. The van der Waals surface area contributed by atoms with Gasteiger partial charge in [-0.25, -0.2) is 15.0 Å².